The van der Waals surface area contributed by atoms with Gasteiger partial charge in [-0.15, -0.1) is 0 Å². The molecule has 0 bridgehead atoms. The number of benzene rings is 1. The van der Waals surface area contributed by atoms with E-state index in [1.807, 2.05) is 24.3 Å². The van der Waals surface area contributed by atoms with Crippen LogP contribution in [-0.2, 0) is 30.7 Å². The number of carbonyl (C=O) groups excluding carboxylic acids is 1. The zero-order chi connectivity index (χ0) is 15.1. The minimum Gasteiger partial charge on any atom is -0.489 e. The normalized spacial score (nSPS) is 10.4. The summed E-state index contributed by atoms with van der Waals surface area (Å²) in [5.41, 5.74) is 4.36. The molecule has 0 radical (unpaired) electrons. The molecule has 0 spiro atoms. The number of aromatic nitrogens is 1. The number of hydrogen-bond donors (Lipinski definition) is 0. The van der Waals surface area contributed by atoms with Gasteiger partial charge in [-0.25, -0.2) is 0 Å². The summed E-state index contributed by atoms with van der Waals surface area (Å²) in [4.78, 5) is 15.0. The summed E-state index contributed by atoms with van der Waals surface area (Å²) in [5, 5.41) is 0. The van der Waals surface area contributed by atoms with Crippen molar-refractivity contribution in [3.63, 3.8) is 0 Å². The fraction of sp³-hybridized carbons (Fsp3) is 0.333. The van der Waals surface area contributed by atoms with Crippen LogP contribution in [0.1, 0.15) is 36.4 Å². The van der Waals surface area contributed by atoms with Crippen molar-refractivity contribution in [3.05, 3.63) is 58.9 Å². The molecule has 0 saturated heterocycles. The molecule has 0 aliphatic rings. The molecule has 0 saturated carbocycles. The minimum atomic E-state index is 0.449. The number of aldehydes is 1. The summed E-state index contributed by atoms with van der Waals surface area (Å²) in [6.45, 7) is 4.76. The van der Waals surface area contributed by atoms with Gasteiger partial charge >= 0.3 is 0 Å². The van der Waals surface area contributed by atoms with Crippen LogP contribution in [-0.4, -0.2) is 11.3 Å². The molecule has 0 N–H and O–H groups in total. The molecular weight excluding hydrogens is 262 g/mol. The molecule has 2 rings (SSSR count). The van der Waals surface area contributed by atoms with Gasteiger partial charge in [-0.3, -0.25) is 4.98 Å². The van der Waals surface area contributed by atoms with Gasteiger partial charge in [0.2, 0.25) is 0 Å². The zero-order valence-corrected chi connectivity index (χ0v) is 12.6. The maximum absolute atomic E-state index is 10.5. The third kappa shape index (κ3) is 4.42. The lowest BCUT2D eigenvalue weighted by molar-refractivity contribution is -0.107. The Morgan fingerprint density at radius 3 is 2.14 bits per heavy atom. The van der Waals surface area contributed by atoms with Gasteiger partial charge in [0.25, 0.3) is 0 Å². The number of ether oxygens (including phenoxy) is 1. The van der Waals surface area contributed by atoms with E-state index >= 15 is 0 Å². The number of aryl methyl sites for hydroxylation is 2. The average molecular weight is 283 g/mol. The molecule has 1 heterocycles. The van der Waals surface area contributed by atoms with Crippen molar-refractivity contribution in [2.24, 2.45) is 0 Å². The van der Waals surface area contributed by atoms with Crippen molar-refractivity contribution in [1.82, 2.24) is 4.98 Å². The Bertz CT molecular complexity index is 568. The van der Waals surface area contributed by atoms with Crippen LogP contribution in [0.4, 0.5) is 0 Å². The molecule has 21 heavy (non-hydrogen) atoms. The van der Waals surface area contributed by atoms with Crippen LogP contribution in [0.15, 0.2) is 36.4 Å². The molecule has 2 aromatic rings. The predicted octanol–water partition coefficient (Wildman–Crippen LogP) is 3.53. The fourth-order valence-electron chi connectivity index (χ4n) is 2.15. The summed E-state index contributed by atoms with van der Waals surface area (Å²) in [6.07, 6.45) is 3.22. The van der Waals surface area contributed by atoms with Crippen molar-refractivity contribution in [2.45, 2.75) is 39.7 Å². The summed E-state index contributed by atoms with van der Waals surface area (Å²) in [6, 6.07) is 11.8. The molecule has 0 amide bonds. The standard InChI is InChI=1S/C18H21NO2/c1-3-16-11-15(12-17(4-2)19-16)13-21-18-7-5-14(6-8-18)9-10-20/h5-8,10-12H,3-4,9,13H2,1-2H3. The monoisotopic (exact) mass is 283 g/mol. The van der Waals surface area contributed by atoms with Crippen LogP contribution in [0, 0.1) is 0 Å². The molecular formula is C18H21NO2. The third-order valence-corrected chi connectivity index (χ3v) is 3.36. The summed E-state index contributed by atoms with van der Waals surface area (Å²) in [5.74, 6) is 0.817. The Labute approximate surface area is 126 Å². The molecule has 3 heteroatoms. The second kappa shape index (κ2) is 7.58. The van der Waals surface area contributed by atoms with E-state index < -0.39 is 0 Å². The first-order valence-electron chi connectivity index (χ1n) is 7.39. The maximum Gasteiger partial charge on any atom is 0.124 e. The lowest BCUT2D eigenvalue weighted by Crippen LogP contribution is -2.01. The van der Waals surface area contributed by atoms with E-state index in [1.54, 1.807) is 0 Å². The van der Waals surface area contributed by atoms with Gasteiger partial charge in [-0.05, 0) is 48.2 Å². The molecule has 1 aromatic carbocycles. The first-order chi connectivity index (χ1) is 10.2. The van der Waals surface area contributed by atoms with Crippen molar-refractivity contribution in [2.75, 3.05) is 0 Å². The number of nitrogens with zero attached hydrogens (tertiary/aromatic N) is 1. The molecule has 0 aliphatic carbocycles. The van der Waals surface area contributed by atoms with Crippen molar-refractivity contribution in [3.8, 4) is 5.75 Å². The van der Waals surface area contributed by atoms with Gasteiger partial charge in [-0.1, -0.05) is 26.0 Å². The maximum atomic E-state index is 10.5. The van der Waals surface area contributed by atoms with E-state index in [2.05, 4.69) is 31.0 Å². The summed E-state index contributed by atoms with van der Waals surface area (Å²) in [7, 11) is 0. The first-order valence-corrected chi connectivity index (χ1v) is 7.39. The van der Waals surface area contributed by atoms with Crippen LogP contribution in [0.25, 0.3) is 0 Å². The van der Waals surface area contributed by atoms with Crippen LogP contribution < -0.4 is 4.74 Å². The highest BCUT2D eigenvalue weighted by Gasteiger charge is 2.02. The van der Waals surface area contributed by atoms with Crippen molar-refractivity contribution >= 4 is 6.29 Å². The average Bonchev–Trinajstić information content (AvgIpc) is 2.54. The summed E-state index contributed by atoms with van der Waals surface area (Å²) >= 11 is 0. The highest BCUT2D eigenvalue weighted by atomic mass is 16.5. The van der Waals surface area contributed by atoms with Crippen LogP contribution in [0.2, 0.25) is 0 Å². The van der Waals surface area contributed by atoms with Gasteiger partial charge in [0.15, 0.2) is 0 Å². The SMILES string of the molecule is CCc1cc(COc2ccc(CC=O)cc2)cc(CC)n1. The quantitative estimate of drug-likeness (QED) is 0.730. The Morgan fingerprint density at radius 1 is 1.00 bits per heavy atom. The molecule has 110 valence electrons. The first kappa shape index (κ1) is 15.2. The van der Waals surface area contributed by atoms with E-state index in [0.717, 1.165) is 47.4 Å². The second-order valence-corrected chi connectivity index (χ2v) is 4.97. The number of hydrogen-bond acceptors (Lipinski definition) is 3. The highest BCUT2D eigenvalue weighted by Crippen LogP contribution is 2.15. The van der Waals surface area contributed by atoms with Gasteiger partial charge < -0.3 is 9.53 Å². The Hall–Kier alpha value is -2.16. The molecule has 1 aromatic heterocycles. The topological polar surface area (TPSA) is 39.2 Å². The van der Waals surface area contributed by atoms with Crippen molar-refractivity contribution in [1.29, 1.82) is 0 Å². The van der Waals surface area contributed by atoms with Crippen molar-refractivity contribution < 1.29 is 9.53 Å². The smallest absolute Gasteiger partial charge is 0.124 e. The van der Waals surface area contributed by atoms with E-state index in [9.17, 15) is 4.79 Å². The lowest BCUT2D eigenvalue weighted by Gasteiger charge is -2.09. The van der Waals surface area contributed by atoms with Gasteiger partial charge in [0.05, 0.1) is 0 Å². The van der Waals surface area contributed by atoms with E-state index in [4.69, 9.17) is 4.74 Å². The van der Waals surface area contributed by atoms with Gasteiger partial charge in [0, 0.05) is 17.8 Å². The number of rotatable bonds is 7. The molecule has 0 aliphatic heterocycles. The third-order valence-electron chi connectivity index (χ3n) is 3.36. The fourth-order valence-corrected chi connectivity index (χ4v) is 2.15. The summed E-state index contributed by atoms with van der Waals surface area (Å²) < 4.78 is 5.81. The molecule has 0 unspecified atom stereocenters. The molecule has 0 atom stereocenters. The Balaban J connectivity index is 2.03. The van der Waals surface area contributed by atoms with E-state index in [1.165, 1.54) is 0 Å². The second-order valence-electron chi connectivity index (χ2n) is 4.97. The number of pyridine rings is 1. The van der Waals surface area contributed by atoms with Gasteiger partial charge in [-0.2, -0.15) is 0 Å². The van der Waals surface area contributed by atoms with Gasteiger partial charge in [0.1, 0.15) is 18.6 Å². The van der Waals surface area contributed by atoms with Crippen LogP contribution in [0.5, 0.6) is 5.75 Å². The lowest BCUT2D eigenvalue weighted by atomic mass is 10.1. The molecule has 0 fully saturated rings. The minimum absolute atomic E-state index is 0.449. The van der Waals surface area contributed by atoms with Crippen LogP contribution >= 0.6 is 0 Å². The van der Waals surface area contributed by atoms with E-state index in [-0.39, 0.29) is 0 Å². The zero-order valence-electron chi connectivity index (χ0n) is 12.6. The van der Waals surface area contributed by atoms with Crippen LogP contribution in [0.3, 0.4) is 0 Å². The highest BCUT2D eigenvalue weighted by molar-refractivity contribution is 5.55. The van der Waals surface area contributed by atoms with E-state index in [0.29, 0.717) is 13.0 Å². The Morgan fingerprint density at radius 2 is 1.62 bits per heavy atom. The predicted molar refractivity (Wildman–Crippen MR) is 83.5 cm³/mol. The largest absolute Gasteiger partial charge is 0.489 e. The Kier molecular flexibility index (Phi) is 5.50. The number of carbonyl (C=O) groups is 1. The molecule has 3 nitrogen and oxygen atoms in total.